The first kappa shape index (κ1) is 13.2. The minimum Gasteiger partial charge on any atom is -0.504 e. The van der Waals surface area contributed by atoms with Crippen molar-refractivity contribution in [2.24, 2.45) is 0 Å². The van der Waals surface area contributed by atoms with E-state index in [1.807, 2.05) is 0 Å². The predicted octanol–water partition coefficient (Wildman–Crippen LogP) is -0.173. The van der Waals surface area contributed by atoms with Crippen molar-refractivity contribution in [1.82, 2.24) is 15.1 Å². The van der Waals surface area contributed by atoms with Crippen molar-refractivity contribution in [2.45, 2.75) is 6.04 Å². The van der Waals surface area contributed by atoms with E-state index >= 15 is 0 Å². The maximum atomic E-state index is 12.4. The van der Waals surface area contributed by atoms with E-state index in [1.54, 1.807) is 17.0 Å². The fourth-order valence-corrected chi connectivity index (χ4v) is 2.70. The van der Waals surface area contributed by atoms with Gasteiger partial charge in [-0.2, -0.15) is 0 Å². The van der Waals surface area contributed by atoms with Crippen LogP contribution in [0, 0.1) is 0 Å². The Morgan fingerprint density at radius 2 is 1.85 bits per heavy atom. The summed E-state index contributed by atoms with van der Waals surface area (Å²) in [5.74, 6) is -0.803. The van der Waals surface area contributed by atoms with Gasteiger partial charge in [0.05, 0.1) is 5.56 Å². The zero-order valence-electron chi connectivity index (χ0n) is 11.2. The molecule has 0 radical (unpaired) electrons. The molecule has 0 saturated carbocycles. The molecule has 2 aliphatic rings. The molecule has 6 heteroatoms. The molecule has 3 rings (SSSR count). The van der Waals surface area contributed by atoms with Gasteiger partial charge in [-0.3, -0.25) is 9.69 Å². The van der Waals surface area contributed by atoms with Crippen LogP contribution in [0.4, 0.5) is 0 Å². The third-order valence-electron chi connectivity index (χ3n) is 4.12. The van der Waals surface area contributed by atoms with E-state index in [2.05, 4.69) is 10.2 Å². The Morgan fingerprint density at radius 1 is 1.15 bits per heavy atom. The molecule has 2 fully saturated rings. The lowest BCUT2D eigenvalue weighted by atomic mass is 10.1. The molecule has 6 nitrogen and oxygen atoms in total. The Labute approximate surface area is 117 Å². The topological polar surface area (TPSA) is 76.0 Å². The molecule has 0 unspecified atom stereocenters. The van der Waals surface area contributed by atoms with Crippen LogP contribution in [0.1, 0.15) is 10.4 Å². The van der Waals surface area contributed by atoms with Crippen LogP contribution in [0.25, 0.3) is 0 Å². The molecule has 0 aliphatic carbocycles. The summed E-state index contributed by atoms with van der Waals surface area (Å²) in [6, 6.07) is 5.08. The van der Waals surface area contributed by atoms with Gasteiger partial charge in [0.2, 0.25) is 0 Å². The van der Waals surface area contributed by atoms with E-state index in [-0.39, 0.29) is 23.0 Å². The third-order valence-corrected chi connectivity index (χ3v) is 4.12. The second-order valence-electron chi connectivity index (χ2n) is 5.31. The summed E-state index contributed by atoms with van der Waals surface area (Å²) in [6.07, 6.45) is 0. The first-order valence-corrected chi connectivity index (χ1v) is 6.92. The minimum atomic E-state index is -0.330. The molecule has 2 aliphatic heterocycles. The highest BCUT2D eigenvalue weighted by molar-refractivity contribution is 5.97. The van der Waals surface area contributed by atoms with E-state index < -0.39 is 0 Å². The number of nitrogens with zero attached hydrogens (tertiary/aromatic N) is 2. The molecule has 3 N–H and O–H groups in total. The molecule has 2 saturated heterocycles. The molecule has 0 spiro atoms. The number of aromatic hydroxyl groups is 2. The average Bonchev–Trinajstić information content (AvgIpc) is 2.40. The first-order chi connectivity index (χ1) is 9.66. The number of para-hydroxylation sites is 1. The summed E-state index contributed by atoms with van der Waals surface area (Å²) < 4.78 is 0. The largest absolute Gasteiger partial charge is 0.504 e. The zero-order chi connectivity index (χ0) is 14.1. The quantitative estimate of drug-likeness (QED) is 0.654. The standard InChI is InChI=1S/C14H19N3O3/c18-12-3-1-2-11(13(12)19)14(20)17-6-4-16(5-7-17)10-8-15-9-10/h1-3,10,15,18-19H,4-9H2. The number of piperazine rings is 1. The highest BCUT2D eigenvalue weighted by atomic mass is 16.3. The van der Waals surface area contributed by atoms with Gasteiger partial charge in [0.15, 0.2) is 11.5 Å². The lowest BCUT2D eigenvalue weighted by Crippen LogP contribution is -2.62. The van der Waals surface area contributed by atoms with Crippen molar-refractivity contribution < 1.29 is 15.0 Å². The summed E-state index contributed by atoms with van der Waals surface area (Å²) in [5, 5.41) is 22.5. The van der Waals surface area contributed by atoms with E-state index in [0.29, 0.717) is 19.1 Å². The molecule has 108 valence electrons. The zero-order valence-corrected chi connectivity index (χ0v) is 11.2. The predicted molar refractivity (Wildman–Crippen MR) is 73.9 cm³/mol. The molecule has 0 atom stereocenters. The lowest BCUT2D eigenvalue weighted by Gasteiger charge is -2.43. The molecule has 1 amide bonds. The number of carbonyl (C=O) groups is 1. The SMILES string of the molecule is O=C(c1cccc(O)c1O)N1CCN(C2CNC2)CC1. The molecule has 20 heavy (non-hydrogen) atoms. The van der Waals surface area contributed by atoms with Crippen LogP contribution >= 0.6 is 0 Å². The van der Waals surface area contributed by atoms with E-state index in [0.717, 1.165) is 26.2 Å². The van der Waals surface area contributed by atoms with Crippen LogP contribution < -0.4 is 5.32 Å². The summed E-state index contributed by atoms with van der Waals surface area (Å²) in [6.45, 7) is 5.09. The van der Waals surface area contributed by atoms with Gasteiger partial charge in [0.1, 0.15) is 0 Å². The fraction of sp³-hybridized carbons (Fsp3) is 0.500. The Kier molecular flexibility index (Phi) is 3.50. The van der Waals surface area contributed by atoms with Crippen LogP contribution in [-0.2, 0) is 0 Å². The number of rotatable bonds is 2. The molecular weight excluding hydrogens is 258 g/mol. The average molecular weight is 277 g/mol. The summed E-state index contributed by atoms with van der Waals surface area (Å²) in [7, 11) is 0. The molecule has 2 heterocycles. The summed E-state index contributed by atoms with van der Waals surface area (Å²) >= 11 is 0. The van der Waals surface area contributed by atoms with Gasteiger partial charge in [0, 0.05) is 45.3 Å². The van der Waals surface area contributed by atoms with E-state index in [1.165, 1.54) is 6.07 Å². The Hall–Kier alpha value is -1.79. The number of carbonyl (C=O) groups excluding carboxylic acids is 1. The van der Waals surface area contributed by atoms with Crippen LogP contribution in [0.2, 0.25) is 0 Å². The Balaban J connectivity index is 1.65. The lowest BCUT2D eigenvalue weighted by molar-refractivity contribution is 0.0499. The molecule has 0 aromatic heterocycles. The van der Waals surface area contributed by atoms with Crippen molar-refractivity contribution in [3.8, 4) is 11.5 Å². The third kappa shape index (κ3) is 2.32. The van der Waals surface area contributed by atoms with Gasteiger partial charge < -0.3 is 20.4 Å². The maximum Gasteiger partial charge on any atom is 0.257 e. The maximum absolute atomic E-state index is 12.4. The number of hydrogen-bond donors (Lipinski definition) is 3. The van der Waals surface area contributed by atoms with Crippen molar-refractivity contribution in [2.75, 3.05) is 39.3 Å². The van der Waals surface area contributed by atoms with Crippen molar-refractivity contribution in [1.29, 1.82) is 0 Å². The van der Waals surface area contributed by atoms with E-state index in [9.17, 15) is 15.0 Å². The normalized spacial score (nSPS) is 20.7. The van der Waals surface area contributed by atoms with Gasteiger partial charge >= 0.3 is 0 Å². The smallest absolute Gasteiger partial charge is 0.257 e. The molecule has 0 bridgehead atoms. The second-order valence-corrected chi connectivity index (χ2v) is 5.31. The van der Waals surface area contributed by atoms with Crippen LogP contribution in [0.15, 0.2) is 18.2 Å². The van der Waals surface area contributed by atoms with Crippen LogP contribution in [0.5, 0.6) is 11.5 Å². The van der Waals surface area contributed by atoms with Gasteiger partial charge in [-0.1, -0.05) is 6.07 Å². The van der Waals surface area contributed by atoms with E-state index in [4.69, 9.17) is 0 Å². The van der Waals surface area contributed by atoms with Crippen molar-refractivity contribution >= 4 is 5.91 Å². The number of phenolic OH excluding ortho intramolecular Hbond substituents is 2. The van der Waals surface area contributed by atoms with Gasteiger partial charge in [0.25, 0.3) is 5.91 Å². The van der Waals surface area contributed by atoms with Gasteiger partial charge in [-0.25, -0.2) is 0 Å². The monoisotopic (exact) mass is 277 g/mol. The number of amides is 1. The summed E-state index contributed by atoms with van der Waals surface area (Å²) in [4.78, 5) is 16.5. The molecular formula is C14H19N3O3. The fourth-order valence-electron chi connectivity index (χ4n) is 2.70. The highest BCUT2D eigenvalue weighted by Gasteiger charge is 2.30. The highest BCUT2D eigenvalue weighted by Crippen LogP contribution is 2.29. The number of hydrogen-bond acceptors (Lipinski definition) is 5. The van der Waals surface area contributed by atoms with Crippen molar-refractivity contribution in [3.63, 3.8) is 0 Å². The van der Waals surface area contributed by atoms with Crippen LogP contribution in [-0.4, -0.2) is 71.2 Å². The van der Waals surface area contributed by atoms with Gasteiger partial charge in [-0.15, -0.1) is 0 Å². The molecule has 1 aromatic carbocycles. The Morgan fingerprint density at radius 3 is 2.45 bits per heavy atom. The Bertz CT molecular complexity index is 508. The van der Waals surface area contributed by atoms with Crippen molar-refractivity contribution in [3.05, 3.63) is 23.8 Å². The number of nitrogens with one attached hydrogen (secondary N) is 1. The van der Waals surface area contributed by atoms with Gasteiger partial charge in [-0.05, 0) is 12.1 Å². The molecule has 1 aromatic rings. The minimum absolute atomic E-state index is 0.170. The van der Waals surface area contributed by atoms with Crippen LogP contribution in [0.3, 0.4) is 0 Å². The number of phenols is 2. The second kappa shape index (κ2) is 5.30. The summed E-state index contributed by atoms with van der Waals surface area (Å²) in [5.41, 5.74) is 0.170. The first-order valence-electron chi connectivity index (χ1n) is 6.92. The number of benzene rings is 1.